The second-order valence-corrected chi connectivity index (χ2v) is 7.70. The fourth-order valence-electron chi connectivity index (χ4n) is 4.10. The first-order valence-electron chi connectivity index (χ1n) is 10.2. The second kappa shape index (κ2) is 10.5. The van der Waals surface area contributed by atoms with Gasteiger partial charge in [0.25, 0.3) is 0 Å². The summed E-state index contributed by atoms with van der Waals surface area (Å²) in [6, 6.07) is 13.3. The molecule has 0 bridgehead atoms. The smallest absolute Gasteiger partial charge is 0.155 e. The van der Waals surface area contributed by atoms with E-state index < -0.39 is 0 Å². The highest BCUT2D eigenvalue weighted by Gasteiger charge is 2.13. The minimum absolute atomic E-state index is 0. The lowest BCUT2D eigenvalue weighted by molar-refractivity contribution is 0.334. The monoisotopic (exact) mass is 414 g/mol. The molecule has 0 saturated heterocycles. The van der Waals surface area contributed by atoms with Crippen molar-refractivity contribution in [3.8, 4) is 22.5 Å². The lowest BCUT2D eigenvalue weighted by atomic mass is 9.87. The predicted octanol–water partition coefficient (Wildman–Crippen LogP) is 5.76. The zero-order valence-corrected chi connectivity index (χ0v) is 17.4. The molecule has 1 aliphatic rings. The van der Waals surface area contributed by atoms with Crippen LogP contribution < -0.4 is 5.32 Å². The van der Waals surface area contributed by atoms with Crippen molar-refractivity contribution in [1.29, 1.82) is 0 Å². The number of nitrogens with one attached hydrogen (secondary N) is 2. The Balaban J connectivity index is 0.00000240. The lowest BCUT2D eigenvalue weighted by Crippen LogP contribution is -2.19. The van der Waals surface area contributed by atoms with Crippen LogP contribution in [0.2, 0.25) is 0 Å². The molecule has 1 heterocycles. The van der Waals surface area contributed by atoms with E-state index in [4.69, 9.17) is 0 Å². The van der Waals surface area contributed by atoms with Crippen LogP contribution in [0.4, 0.5) is 4.39 Å². The largest absolute Gasteiger partial charge is 0.313 e. The number of benzene rings is 2. The summed E-state index contributed by atoms with van der Waals surface area (Å²) in [6.45, 7) is 1.87. The summed E-state index contributed by atoms with van der Waals surface area (Å²) in [4.78, 5) is 4.08. The number of aromatic nitrogens is 3. The van der Waals surface area contributed by atoms with Gasteiger partial charge in [0.15, 0.2) is 5.82 Å². The first-order valence-corrected chi connectivity index (χ1v) is 10.2. The van der Waals surface area contributed by atoms with Crippen LogP contribution in [0.3, 0.4) is 0 Å². The molecule has 4 nitrogen and oxygen atoms in total. The van der Waals surface area contributed by atoms with Crippen LogP contribution >= 0.6 is 12.4 Å². The van der Waals surface area contributed by atoms with Gasteiger partial charge in [0.1, 0.15) is 12.1 Å². The molecule has 1 aromatic heterocycles. The minimum Gasteiger partial charge on any atom is -0.313 e. The first-order chi connectivity index (χ1) is 13.8. The number of halogens is 2. The van der Waals surface area contributed by atoms with Gasteiger partial charge < -0.3 is 5.32 Å². The van der Waals surface area contributed by atoms with Crippen molar-refractivity contribution in [3.05, 3.63) is 60.2 Å². The van der Waals surface area contributed by atoms with Crippen LogP contribution in [-0.2, 0) is 6.54 Å². The lowest BCUT2D eigenvalue weighted by Gasteiger charge is -2.21. The van der Waals surface area contributed by atoms with Crippen molar-refractivity contribution in [2.24, 2.45) is 5.92 Å². The third kappa shape index (κ3) is 5.64. The van der Waals surface area contributed by atoms with Gasteiger partial charge in [-0.2, -0.15) is 5.10 Å². The molecule has 1 fully saturated rings. The Hall–Kier alpha value is -2.24. The predicted molar refractivity (Wildman–Crippen MR) is 117 cm³/mol. The molecule has 0 spiro atoms. The maximum atomic E-state index is 14.7. The Labute approximate surface area is 177 Å². The zero-order chi connectivity index (χ0) is 19.2. The van der Waals surface area contributed by atoms with Crippen molar-refractivity contribution in [2.45, 2.75) is 45.1 Å². The standard InChI is InChI=1S/C23H27FN4.ClH/c24-22-14-20(23-26-16-27-28-23)9-10-21(22)19-8-4-7-18(13-19)15-25-12-11-17-5-2-1-3-6-17;/h4,7-10,13-14,16-17,25H,1-3,5-6,11-12,15H2,(H,26,27,28);1H. The van der Waals surface area contributed by atoms with Crippen molar-refractivity contribution >= 4 is 12.4 Å². The number of hydrogen-bond donors (Lipinski definition) is 2. The van der Waals surface area contributed by atoms with Crippen LogP contribution in [0.5, 0.6) is 0 Å². The van der Waals surface area contributed by atoms with Crippen LogP contribution in [0.15, 0.2) is 48.8 Å². The highest BCUT2D eigenvalue weighted by Crippen LogP contribution is 2.28. The van der Waals surface area contributed by atoms with Gasteiger partial charge in [-0.15, -0.1) is 12.4 Å². The third-order valence-electron chi connectivity index (χ3n) is 5.68. The van der Waals surface area contributed by atoms with E-state index in [1.54, 1.807) is 0 Å². The molecule has 1 aliphatic carbocycles. The maximum absolute atomic E-state index is 14.7. The Kier molecular flexibility index (Phi) is 7.78. The van der Waals surface area contributed by atoms with Gasteiger partial charge in [-0.3, -0.25) is 5.10 Å². The highest BCUT2D eigenvalue weighted by molar-refractivity contribution is 5.85. The van der Waals surface area contributed by atoms with Gasteiger partial charge in [-0.1, -0.05) is 62.4 Å². The van der Waals surface area contributed by atoms with Gasteiger partial charge in [0.2, 0.25) is 0 Å². The van der Waals surface area contributed by atoms with Crippen molar-refractivity contribution in [1.82, 2.24) is 20.5 Å². The van der Waals surface area contributed by atoms with E-state index >= 15 is 0 Å². The molecule has 0 amide bonds. The molecule has 4 rings (SSSR count). The summed E-state index contributed by atoms with van der Waals surface area (Å²) >= 11 is 0. The second-order valence-electron chi connectivity index (χ2n) is 7.70. The summed E-state index contributed by atoms with van der Waals surface area (Å²) in [5.41, 5.74) is 3.37. The summed E-state index contributed by atoms with van der Waals surface area (Å²) in [5.74, 6) is 1.21. The first kappa shape index (κ1) is 21.5. The number of rotatable bonds is 7. The number of aromatic amines is 1. The molecular formula is C23H28ClFN4. The Morgan fingerprint density at radius 1 is 1.03 bits per heavy atom. The van der Waals surface area contributed by atoms with E-state index in [1.165, 1.54) is 56.5 Å². The van der Waals surface area contributed by atoms with Gasteiger partial charge >= 0.3 is 0 Å². The minimum atomic E-state index is -0.253. The van der Waals surface area contributed by atoms with Crippen LogP contribution in [-0.4, -0.2) is 21.7 Å². The Morgan fingerprint density at radius 3 is 2.66 bits per heavy atom. The van der Waals surface area contributed by atoms with Crippen molar-refractivity contribution in [3.63, 3.8) is 0 Å². The molecule has 6 heteroatoms. The number of nitrogens with zero attached hydrogens (tertiary/aromatic N) is 2. The molecule has 3 aromatic rings. The normalized spacial score (nSPS) is 14.5. The van der Waals surface area contributed by atoms with E-state index in [2.05, 4.69) is 32.6 Å². The Morgan fingerprint density at radius 2 is 1.90 bits per heavy atom. The molecule has 2 N–H and O–H groups in total. The molecule has 0 radical (unpaired) electrons. The van der Waals surface area contributed by atoms with E-state index in [0.717, 1.165) is 24.6 Å². The molecule has 1 saturated carbocycles. The summed E-state index contributed by atoms with van der Waals surface area (Å²) in [5, 5.41) is 10.1. The van der Waals surface area contributed by atoms with E-state index in [-0.39, 0.29) is 18.2 Å². The SMILES string of the molecule is Cl.Fc1cc(-c2ncn[nH]2)ccc1-c1cccc(CNCCC2CCCCC2)c1. The average molecular weight is 415 g/mol. The highest BCUT2D eigenvalue weighted by atomic mass is 35.5. The van der Waals surface area contributed by atoms with Crippen LogP contribution in [0, 0.1) is 11.7 Å². The molecule has 0 atom stereocenters. The van der Waals surface area contributed by atoms with E-state index in [1.807, 2.05) is 24.3 Å². The van der Waals surface area contributed by atoms with Crippen LogP contribution in [0.25, 0.3) is 22.5 Å². The quantitative estimate of drug-likeness (QED) is 0.483. The maximum Gasteiger partial charge on any atom is 0.155 e. The summed E-state index contributed by atoms with van der Waals surface area (Å²) in [7, 11) is 0. The number of H-pyrrole nitrogens is 1. The van der Waals surface area contributed by atoms with Gasteiger partial charge in [-0.25, -0.2) is 9.37 Å². The van der Waals surface area contributed by atoms with Gasteiger partial charge in [-0.05, 0) is 42.1 Å². The zero-order valence-electron chi connectivity index (χ0n) is 16.5. The molecule has 0 unspecified atom stereocenters. The van der Waals surface area contributed by atoms with Crippen molar-refractivity contribution < 1.29 is 4.39 Å². The fourth-order valence-corrected chi connectivity index (χ4v) is 4.10. The van der Waals surface area contributed by atoms with Crippen molar-refractivity contribution in [2.75, 3.05) is 6.54 Å². The molecule has 29 heavy (non-hydrogen) atoms. The Bertz CT molecular complexity index is 892. The molecular weight excluding hydrogens is 387 g/mol. The third-order valence-corrected chi connectivity index (χ3v) is 5.68. The average Bonchev–Trinajstić information content (AvgIpc) is 3.27. The number of hydrogen-bond acceptors (Lipinski definition) is 3. The molecule has 2 aromatic carbocycles. The van der Waals surface area contributed by atoms with E-state index in [0.29, 0.717) is 17.0 Å². The van der Waals surface area contributed by atoms with E-state index in [9.17, 15) is 4.39 Å². The van der Waals surface area contributed by atoms with Gasteiger partial charge in [0, 0.05) is 17.7 Å². The molecule has 154 valence electrons. The fraction of sp³-hybridized carbons (Fsp3) is 0.391. The van der Waals surface area contributed by atoms with Crippen LogP contribution in [0.1, 0.15) is 44.1 Å². The molecule has 0 aliphatic heterocycles. The summed E-state index contributed by atoms with van der Waals surface area (Å²) in [6.07, 6.45) is 9.66. The summed E-state index contributed by atoms with van der Waals surface area (Å²) < 4.78 is 14.7. The van der Waals surface area contributed by atoms with Gasteiger partial charge in [0.05, 0.1) is 0 Å². The topological polar surface area (TPSA) is 53.6 Å².